The summed E-state index contributed by atoms with van der Waals surface area (Å²) < 4.78 is 0. The molecule has 0 amide bonds. The fourth-order valence-corrected chi connectivity index (χ4v) is 3.17. The molecule has 3 N–H and O–H groups in total. The molecular formula is C21H37NO. The summed E-state index contributed by atoms with van der Waals surface area (Å²) in [6, 6.07) is 10.8. The second-order valence-corrected chi connectivity index (χ2v) is 7.08. The minimum absolute atomic E-state index is 0.160. The third kappa shape index (κ3) is 9.78. The van der Waals surface area contributed by atoms with Gasteiger partial charge in [0.1, 0.15) is 0 Å². The fraction of sp³-hybridized carbons (Fsp3) is 0.714. The number of hydrogen-bond acceptors (Lipinski definition) is 2. The van der Waals surface area contributed by atoms with Gasteiger partial charge < -0.3 is 10.8 Å². The smallest absolute Gasteiger partial charge is 0.0611 e. The maximum absolute atomic E-state index is 8.70. The Hall–Kier alpha value is -0.860. The van der Waals surface area contributed by atoms with Crippen molar-refractivity contribution in [3.8, 4) is 0 Å². The third-order valence-corrected chi connectivity index (χ3v) is 4.83. The van der Waals surface area contributed by atoms with Crippen molar-refractivity contribution < 1.29 is 5.11 Å². The van der Waals surface area contributed by atoms with Gasteiger partial charge in [-0.1, -0.05) is 88.6 Å². The second kappa shape index (κ2) is 12.5. The van der Waals surface area contributed by atoms with Crippen LogP contribution in [-0.4, -0.2) is 17.3 Å². The van der Waals surface area contributed by atoms with Gasteiger partial charge >= 0.3 is 0 Å². The first-order valence-electron chi connectivity index (χ1n) is 9.64. The number of aliphatic hydroxyl groups is 1. The first-order chi connectivity index (χ1) is 11.2. The highest BCUT2D eigenvalue weighted by molar-refractivity contribution is 5.14. The molecule has 1 aliphatic rings. The molecule has 1 aliphatic carbocycles. The first kappa shape index (κ1) is 20.2. The second-order valence-electron chi connectivity index (χ2n) is 7.08. The van der Waals surface area contributed by atoms with Gasteiger partial charge in [-0.15, -0.1) is 0 Å². The topological polar surface area (TPSA) is 46.2 Å². The Morgan fingerprint density at radius 3 is 2.00 bits per heavy atom. The molecule has 0 unspecified atom stereocenters. The van der Waals surface area contributed by atoms with Gasteiger partial charge in [0.15, 0.2) is 0 Å². The van der Waals surface area contributed by atoms with Crippen LogP contribution in [0.15, 0.2) is 30.3 Å². The normalized spacial score (nSPS) is 16.0. The zero-order valence-electron chi connectivity index (χ0n) is 15.1. The first-order valence-corrected chi connectivity index (χ1v) is 9.64. The third-order valence-electron chi connectivity index (χ3n) is 4.83. The lowest BCUT2D eigenvalue weighted by Gasteiger charge is -2.18. The summed E-state index contributed by atoms with van der Waals surface area (Å²) in [6.45, 7) is 2.43. The Labute approximate surface area is 143 Å². The van der Waals surface area contributed by atoms with Crippen LogP contribution in [-0.2, 0) is 6.42 Å². The highest BCUT2D eigenvalue weighted by Crippen LogP contribution is 2.25. The van der Waals surface area contributed by atoms with Crippen LogP contribution in [0.25, 0.3) is 0 Å². The lowest BCUT2D eigenvalue weighted by molar-refractivity contribution is 0.199. The molecule has 2 nitrogen and oxygen atoms in total. The monoisotopic (exact) mass is 319 g/mol. The predicted octanol–water partition coefficient (Wildman–Crippen LogP) is 5.23. The number of aryl methyl sites for hydroxylation is 1. The predicted molar refractivity (Wildman–Crippen MR) is 101 cm³/mol. The molecule has 1 aromatic rings. The van der Waals surface area contributed by atoms with Crippen LogP contribution < -0.4 is 5.73 Å². The zero-order valence-corrected chi connectivity index (χ0v) is 15.1. The summed E-state index contributed by atoms with van der Waals surface area (Å²) in [4.78, 5) is 0. The van der Waals surface area contributed by atoms with E-state index in [1.165, 1.54) is 69.8 Å². The van der Waals surface area contributed by atoms with Crippen molar-refractivity contribution in [3.63, 3.8) is 0 Å². The molecule has 0 spiro atoms. The van der Waals surface area contributed by atoms with E-state index in [0.717, 1.165) is 12.8 Å². The summed E-state index contributed by atoms with van der Waals surface area (Å²) in [6.07, 6.45) is 15.5. The molecule has 2 rings (SSSR count). The van der Waals surface area contributed by atoms with E-state index in [-0.39, 0.29) is 12.1 Å². The number of benzene rings is 1. The number of hydrogen-bond donors (Lipinski definition) is 2. The van der Waals surface area contributed by atoms with Crippen LogP contribution in [0, 0.1) is 0 Å². The van der Waals surface area contributed by atoms with Crippen LogP contribution in [0.5, 0.6) is 0 Å². The Bertz CT molecular complexity index is 371. The molecule has 0 aliphatic heterocycles. The van der Waals surface area contributed by atoms with Gasteiger partial charge in [-0.05, 0) is 31.2 Å². The number of unbranched alkanes of at least 4 members (excludes halogenated alkanes) is 6. The van der Waals surface area contributed by atoms with Gasteiger partial charge in [0, 0.05) is 5.54 Å². The van der Waals surface area contributed by atoms with Crippen molar-refractivity contribution in [1.29, 1.82) is 0 Å². The van der Waals surface area contributed by atoms with E-state index < -0.39 is 0 Å². The van der Waals surface area contributed by atoms with Crippen LogP contribution in [0.3, 0.4) is 0 Å². The molecule has 23 heavy (non-hydrogen) atoms. The number of nitrogens with two attached hydrogens (primary N) is 1. The van der Waals surface area contributed by atoms with Gasteiger partial charge in [0.25, 0.3) is 0 Å². The minimum atomic E-state index is -0.208. The molecule has 0 heterocycles. The molecule has 1 aromatic carbocycles. The molecule has 0 bridgehead atoms. The average molecular weight is 320 g/mol. The lowest BCUT2D eigenvalue weighted by atomic mass is 10.0. The van der Waals surface area contributed by atoms with E-state index in [1.807, 2.05) is 0 Å². The lowest BCUT2D eigenvalue weighted by Crippen LogP contribution is -2.40. The maximum Gasteiger partial charge on any atom is 0.0611 e. The van der Waals surface area contributed by atoms with Crippen molar-refractivity contribution in [2.45, 2.75) is 89.5 Å². The maximum atomic E-state index is 8.70. The minimum Gasteiger partial charge on any atom is -0.394 e. The summed E-state index contributed by atoms with van der Waals surface area (Å²) in [5.74, 6) is 0. The molecule has 0 aromatic heterocycles. The van der Waals surface area contributed by atoms with Gasteiger partial charge in [-0.2, -0.15) is 0 Å². The van der Waals surface area contributed by atoms with Crippen molar-refractivity contribution in [2.75, 3.05) is 6.61 Å². The van der Waals surface area contributed by atoms with Crippen molar-refractivity contribution in [3.05, 3.63) is 35.9 Å². The van der Waals surface area contributed by atoms with Crippen molar-refractivity contribution in [1.82, 2.24) is 0 Å². The van der Waals surface area contributed by atoms with Gasteiger partial charge in [-0.25, -0.2) is 0 Å². The molecule has 1 fully saturated rings. The largest absolute Gasteiger partial charge is 0.394 e. The summed E-state index contributed by atoms with van der Waals surface area (Å²) >= 11 is 0. The van der Waals surface area contributed by atoms with Gasteiger partial charge in [0.2, 0.25) is 0 Å². The molecule has 2 heteroatoms. The van der Waals surface area contributed by atoms with Crippen LogP contribution in [0.2, 0.25) is 0 Å². The molecular weight excluding hydrogens is 282 g/mol. The summed E-state index contributed by atoms with van der Waals surface area (Å²) in [5, 5.41) is 8.70. The van der Waals surface area contributed by atoms with E-state index in [1.54, 1.807) is 0 Å². The molecule has 132 valence electrons. The SMILES string of the molecule is CCCCCCCCCc1ccccc1.NC1(CO)CCCC1. The standard InChI is InChI=1S/C15H24.C6H13NO/c1-2-3-4-5-6-7-9-12-15-13-10-8-11-14-15;7-6(5-8)3-1-2-4-6/h8,10-11,13-14H,2-7,9,12H2,1H3;8H,1-5,7H2. The summed E-state index contributed by atoms with van der Waals surface area (Å²) in [7, 11) is 0. The zero-order chi connectivity index (χ0) is 16.8. The van der Waals surface area contributed by atoms with E-state index in [9.17, 15) is 0 Å². The van der Waals surface area contributed by atoms with Gasteiger partial charge in [0.05, 0.1) is 6.61 Å². The van der Waals surface area contributed by atoms with Crippen LogP contribution in [0.4, 0.5) is 0 Å². The van der Waals surface area contributed by atoms with Crippen LogP contribution in [0.1, 0.15) is 83.1 Å². The Morgan fingerprint density at radius 2 is 1.48 bits per heavy atom. The average Bonchev–Trinajstić information content (AvgIpc) is 3.03. The fourth-order valence-electron chi connectivity index (χ4n) is 3.17. The molecule has 0 radical (unpaired) electrons. The summed E-state index contributed by atoms with van der Waals surface area (Å²) in [5.41, 5.74) is 6.99. The number of rotatable bonds is 9. The van der Waals surface area contributed by atoms with E-state index in [4.69, 9.17) is 10.8 Å². The number of aliphatic hydroxyl groups excluding tert-OH is 1. The molecule has 1 saturated carbocycles. The molecule has 0 saturated heterocycles. The van der Waals surface area contributed by atoms with Gasteiger partial charge in [-0.3, -0.25) is 0 Å². The Morgan fingerprint density at radius 1 is 0.913 bits per heavy atom. The Kier molecular flexibility index (Phi) is 11.0. The highest BCUT2D eigenvalue weighted by Gasteiger charge is 2.27. The van der Waals surface area contributed by atoms with E-state index in [0.29, 0.717) is 0 Å². The Balaban J connectivity index is 0.000000277. The highest BCUT2D eigenvalue weighted by atomic mass is 16.3. The molecule has 0 atom stereocenters. The van der Waals surface area contributed by atoms with E-state index >= 15 is 0 Å². The van der Waals surface area contributed by atoms with Crippen molar-refractivity contribution in [2.24, 2.45) is 5.73 Å². The van der Waals surface area contributed by atoms with Crippen LogP contribution >= 0.6 is 0 Å². The van der Waals surface area contributed by atoms with Crippen molar-refractivity contribution >= 4 is 0 Å². The quantitative estimate of drug-likeness (QED) is 0.612. The van der Waals surface area contributed by atoms with E-state index in [2.05, 4.69) is 37.3 Å².